The maximum atomic E-state index is 12.7. The second kappa shape index (κ2) is 4.73. The number of aromatic nitrogens is 1. The Kier molecular flexibility index (Phi) is 3.75. The zero-order valence-electron chi connectivity index (χ0n) is 9.68. The summed E-state index contributed by atoms with van der Waals surface area (Å²) in [5.41, 5.74) is -1.27. The van der Waals surface area contributed by atoms with Crippen LogP contribution in [0.3, 0.4) is 0 Å². The van der Waals surface area contributed by atoms with E-state index in [1.165, 1.54) is 26.8 Å². The molecule has 0 bridgehead atoms. The lowest BCUT2D eigenvalue weighted by Gasteiger charge is -2.14. The molecule has 0 saturated heterocycles. The molecule has 0 amide bonds. The van der Waals surface area contributed by atoms with E-state index in [4.69, 9.17) is 0 Å². The van der Waals surface area contributed by atoms with Gasteiger partial charge >= 0.3 is 12.1 Å². The van der Waals surface area contributed by atoms with Crippen LogP contribution in [-0.4, -0.2) is 17.6 Å². The fraction of sp³-hybridized carbons (Fsp3) is 0.455. The Balaban J connectivity index is 3.41. The fourth-order valence-corrected chi connectivity index (χ4v) is 1.50. The first-order valence-electron chi connectivity index (χ1n) is 5.00. The van der Waals surface area contributed by atoms with Gasteiger partial charge in [0.2, 0.25) is 0 Å². The molecule has 0 N–H and O–H groups in total. The molecule has 0 aliphatic rings. The number of rotatable bonds is 2. The van der Waals surface area contributed by atoms with Crippen molar-refractivity contribution in [1.82, 2.24) is 4.98 Å². The predicted octanol–water partition coefficient (Wildman–Crippen LogP) is 2.89. The smallest absolute Gasteiger partial charge is 0.434 e. The molecule has 0 radical (unpaired) electrons. The highest BCUT2D eigenvalue weighted by atomic mass is 19.4. The zero-order valence-corrected chi connectivity index (χ0v) is 9.68. The van der Waals surface area contributed by atoms with Crippen molar-refractivity contribution in [2.45, 2.75) is 26.9 Å². The van der Waals surface area contributed by atoms with Crippen LogP contribution in [0.25, 0.3) is 0 Å². The standard InChI is InChI=1S/C11H12F3NO2/c1-4-17-10(16)8-6(2)5-7(3)15-9(8)11(12,13)14/h5H,4H2,1-3H3. The van der Waals surface area contributed by atoms with Gasteiger partial charge in [-0.1, -0.05) is 0 Å². The first kappa shape index (κ1) is 13.5. The number of hydrogen-bond acceptors (Lipinski definition) is 3. The number of nitrogens with zero attached hydrogens (tertiary/aromatic N) is 1. The van der Waals surface area contributed by atoms with Crippen molar-refractivity contribution >= 4 is 5.97 Å². The lowest BCUT2D eigenvalue weighted by Crippen LogP contribution is -2.19. The molecule has 1 aromatic rings. The molecule has 0 saturated carbocycles. The van der Waals surface area contributed by atoms with Crippen LogP contribution in [-0.2, 0) is 10.9 Å². The molecule has 0 aromatic carbocycles. The largest absolute Gasteiger partial charge is 0.462 e. The van der Waals surface area contributed by atoms with E-state index in [0.29, 0.717) is 0 Å². The molecular weight excluding hydrogens is 235 g/mol. The highest BCUT2D eigenvalue weighted by Gasteiger charge is 2.38. The van der Waals surface area contributed by atoms with Crippen LogP contribution in [0.5, 0.6) is 0 Å². The second-order valence-electron chi connectivity index (χ2n) is 3.52. The Morgan fingerprint density at radius 2 is 2.00 bits per heavy atom. The lowest BCUT2D eigenvalue weighted by atomic mass is 10.1. The van der Waals surface area contributed by atoms with Gasteiger partial charge in [-0.15, -0.1) is 0 Å². The lowest BCUT2D eigenvalue weighted by molar-refractivity contribution is -0.141. The molecule has 17 heavy (non-hydrogen) atoms. The molecule has 6 heteroatoms. The Labute approximate surface area is 96.6 Å². The van der Waals surface area contributed by atoms with Gasteiger partial charge in [-0.2, -0.15) is 13.2 Å². The van der Waals surface area contributed by atoms with E-state index in [1.54, 1.807) is 0 Å². The van der Waals surface area contributed by atoms with Crippen molar-refractivity contribution in [2.75, 3.05) is 6.61 Å². The van der Waals surface area contributed by atoms with E-state index < -0.39 is 23.4 Å². The fourth-order valence-electron chi connectivity index (χ4n) is 1.50. The van der Waals surface area contributed by atoms with Crippen molar-refractivity contribution < 1.29 is 22.7 Å². The summed E-state index contributed by atoms with van der Waals surface area (Å²) in [6.45, 7) is 4.42. The number of carbonyl (C=O) groups is 1. The molecule has 1 heterocycles. The second-order valence-corrected chi connectivity index (χ2v) is 3.52. The van der Waals surface area contributed by atoms with E-state index in [-0.39, 0.29) is 17.9 Å². The minimum atomic E-state index is -4.67. The van der Waals surface area contributed by atoms with Crippen molar-refractivity contribution in [2.24, 2.45) is 0 Å². The number of esters is 1. The third kappa shape index (κ3) is 2.95. The molecule has 0 fully saturated rings. The number of ether oxygens (including phenoxy) is 1. The Bertz CT molecular complexity index is 441. The van der Waals surface area contributed by atoms with Gasteiger partial charge in [0.25, 0.3) is 0 Å². The van der Waals surface area contributed by atoms with E-state index >= 15 is 0 Å². The van der Waals surface area contributed by atoms with Crippen LogP contribution >= 0.6 is 0 Å². The van der Waals surface area contributed by atoms with Gasteiger partial charge in [0, 0.05) is 5.69 Å². The highest BCUT2D eigenvalue weighted by Crippen LogP contribution is 2.32. The summed E-state index contributed by atoms with van der Waals surface area (Å²) in [6, 6.07) is 1.42. The van der Waals surface area contributed by atoms with Gasteiger partial charge in [0.05, 0.1) is 12.2 Å². The molecule has 1 aromatic heterocycles. The number of pyridine rings is 1. The number of hydrogen-bond donors (Lipinski definition) is 0. The minimum absolute atomic E-state index is 0.0173. The molecule has 0 aliphatic carbocycles. The Hall–Kier alpha value is -1.59. The monoisotopic (exact) mass is 247 g/mol. The number of carbonyl (C=O) groups excluding carboxylic acids is 1. The van der Waals surface area contributed by atoms with Crippen LogP contribution < -0.4 is 0 Å². The summed E-state index contributed by atoms with van der Waals surface area (Å²) >= 11 is 0. The van der Waals surface area contributed by atoms with E-state index in [1.807, 2.05) is 0 Å². The van der Waals surface area contributed by atoms with Crippen LogP contribution in [0.4, 0.5) is 13.2 Å². The van der Waals surface area contributed by atoms with Crippen LogP contribution in [0, 0.1) is 13.8 Å². The summed E-state index contributed by atoms with van der Waals surface area (Å²) in [7, 11) is 0. The van der Waals surface area contributed by atoms with Crippen molar-refractivity contribution in [1.29, 1.82) is 0 Å². The summed E-state index contributed by atoms with van der Waals surface area (Å²) in [6.07, 6.45) is -4.67. The van der Waals surface area contributed by atoms with E-state index in [9.17, 15) is 18.0 Å². The normalized spacial score (nSPS) is 11.4. The van der Waals surface area contributed by atoms with Crippen molar-refractivity contribution in [3.63, 3.8) is 0 Å². The van der Waals surface area contributed by atoms with Gasteiger partial charge in [-0.25, -0.2) is 9.78 Å². The predicted molar refractivity (Wildman–Crippen MR) is 54.7 cm³/mol. The van der Waals surface area contributed by atoms with Gasteiger partial charge in [-0.05, 0) is 32.4 Å². The van der Waals surface area contributed by atoms with Crippen molar-refractivity contribution in [3.05, 3.63) is 28.6 Å². The van der Waals surface area contributed by atoms with Crippen LogP contribution in [0.15, 0.2) is 6.07 Å². The number of aryl methyl sites for hydroxylation is 2. The minimum Gasteiger partial charge on any atom is -0.462 e. The average Bonchev–Trinajstić information content (AvgIpc) is 2.15. The van der Waals surface area contributed by atoms with E-state index in [0.717, 1.165) is 0 Å². The molecule has 0 unspecified atom stereocenters. The first-order chi connectivity index (χ1) is 7.77. The Morgan fingerprint density at radius 3 is 2.47 bits per heavy atom. The van der Waals surface area contributed by atoms with Gasteiger partial charge in [-0.3, -0.25) is 0 Å². The SMILES string of the molecule is CCOC(=O)c1c(C)cc(C)nc1C(F)(F)F. The maximum absolute atomic E-state index is 12.7. The quantitative estimate of drug-likeness (QED) is 0.754. The third-order valence-electron chi connectivity index (χ3n) is 2.09. The first-order valence-corrected chi connectivity index (χ1v) is 5.00. The van der Waals surface area contributed by atoms with Gasteiger partial charge in [0.1, 0.15) is 0 Å². The zero-order chi connectivity index (χ0) is 13.2. The summed E-state index contributed by atoms with van der Waals surface area (Å²) in [5, 5.41) is 0. The van der Waals surface area contributed by atoms with Crippen molar-refractivity contribution in [3.8, 4) is 0 Å². The van der Waals surface area contributed by atoms with Gasteiger partial charge < -0.3 is 4.74 Å². The number of alkyl halides is 3. The average molecular weight is 247 g/mol. The molecule has 3 nitrogen and oxygen atoms in total. The molecule has 0 aliphatic heterocycles. The maximum Gasteiger partial charge on any atom is 0.434 e. The molecule has 94 valence electrons. The Morgan fingerprint density at radius 1 is 1.41 bits per heavy atom. The molecule has 0 atom stereocenters. The summed E-state index contributed by atoms with van der Waals surface area (Å²) in [5.74, 6) is -0.996. The summed E-state index contributed by atoms with van der Waals surface area (Å²) in [4.78, 5) is 14.9. The topological polar surface area (TPSA) is 39.2 Å². The third-order valence-corrected chi connectivity index (χ3v) is 2.09. The summed E-state index contributed by atoms with van der Waals surface area (Å²) < 4.78 is 42.8. The molecular formula is C11H12F3NO2. The molecule has 0 spiro atoms. The van der Waals surface area contributed by atoms with Crippen LogP contribution in [0.2, 0.25) is 0 Å². The van der Waals surface area contributed by atoms with Crippen LogP contribution in [0.1, 0.15) is 34.2 Å². The highest BCUT2D eigenvalue weighted by molar-refractivity contribution is 5.92. The van der Waals surface area contributed by atoms with E-state index in [2.05, 4.69) is 9.72 Å². The number of halogens is 3. The molecule has 1 rings (SSSR count). The van der Waals surface area contributed by atoms with Gasteiger partial charge in [0.15, 0.2) is 5.69 Å².